The molecule has 1 heterocycles. The summed E-state index contributed by atoms with van der Waals surface area (Å²) in [6, 6.07) is 4.51. The third-order valence-corrected chi connectivity index (χ3v) is 4.27. The lowest BCUT2D eigenvalue weighted by Crippen LogP contribution is -2.27. The zero-order chi connectivity index (χ0) is 15.7. The highest BCUT2D eigenvalue weighted by atomic mass is 35.5. The maximum Gasteiger partial charge on any atom is 0.340 e. The van der Waals surface area contributed by atoms with Gasteiger partial charge in [-0.15, -0.1) is 0 Å². The Morgan fingerprint density at radius 2 is 2.10 bits per heavy atom. The van der Waals surface area contributed by atoms with E-state index in [1.54, 1.807) is 6.92 Å². The molecular formula is C13H12ClN3O3S. The zero-order valence-electron chi connectivity index (χ0n) is 11.3. The maximum absolute atomic E-state index is 12.4. The summed E-state index contributed by atoms with van der Waals surface area (Å²) in [6.07, 6.45) is 0. The Kier molecular flexibility index (Phi) is 4.15. The van der Waals surface area contributed by atoms with Crippen molar-refractivity contribution >= 4 is 45.7 Å². The molecule has 0 saturated heterocycles. The van der Waals surface area contributed by atoms with Crippen molar-refractivity contribution in [3.8, 4) is 0 Å². The monoisotopic (exact) mass is 325 g/mol. The second-order valence-corrected chi connectivity index (χ2v) is 5.51. The first-order valence-electron chi connectivity index (χ1n) is 5.85. The van der Waals surface area contributed by atoms with Gasteiger partial charge in [-0.05, 0) is 36.7 Å². The molecule has 0 unspecified atom stereocenters. The average molecular weight is 326 g/mol. The highest BCUT2D eigenvalue weighted by molar-refractivity contribution is 7.11. The summed E-state index contributed by atoms with van der Waals surface area (Å²) >= 11 is 6.78. The molecule has 0 spiro atoms. The molecule has 8 heteroatoms. The first-order valence-corrected chi connectivity index (χ1v) is 7.00. The normalized spacial score (nSPS) is 10.4. The van der Waals surface area contributed by atoms with Gasteiger partial charge < -0.3 is 15.7 Å². The van der Waals surface area contributed by atoms with Gasteiger partial charge in [-0.1, -0.05) is 11.6 Å². The van der Waals surface area contributed by atoms with Crippen LogP contribution in [-0.2, 0) is 0 Å². The van der Waals surface area contributed by atoms with E-state index in [1.165, 1.54) is 30.1 Å². The average Bonchev–Trinajstić information content (AvgIpc) is 2.82. The van der Waals surface area contributed by atoms with Crippen molar-refractivity contribution in [1.29, 1.82) is 0 Å². The molecule has 3 N–H and O–H groups in total. The third-order valence-electron chi connectivity index (χ3n) is 2.91. The van der Waals surface area contributed by atoms with Crippen molar-refractivity contribution in [2.24, 2.45) is 0 Å². The number of amides is 1. The number of halogens is 1. The van der Waals surface area contributed by atoms with E-state index in [4.69, 9.17) is 17.3 Å². The minimum absolute atomic E-state index is 0.0257. The zero-order valence-corrected chi connectivity index (χ0v) is 12.8. The number of aromatic carboxylic acids is 1. The molecule has 0 aliphatic rings. The fourth-order valence-corrected chi connectivity index (χ4v) is 2.76. The molecule has 1 aromatic carbocycles. The lowest BCUT2D eigenvalue weighted by Gasteiger charge is -2.16. The second-order valence-electron chi connectivity index (χ2n) is 4.35. The summed E-state index contributed by atoms with van der Waals surface area (Å²) in [6.45, 7) is 1.59. The van der Waals surface area contributed by atoms with E-state index < -0.39 is 5.97 Å². The molecule has 1 aromatic heterocycles. The van der Waals surface area contributed by atoms with E-state index >= 15 is 0 Å². The molecule has 0 aliphatic heterocycles. The van der Waals surface area contributed by atoms with E-state index in [1.807, 2.05) is 0 Å². The van der Waals surface area contributed by atoms with Crippen molar-refractivity contribution in [3.05, 3.63) is 40.0 Å². The van der Waals surface area contributed by atoms with E-state index in [-0.39, 0.29) is 22.2 Å². The topological polar surface area (TPSA) is 96.5 Å². The van der Waals surface area contributed by atoms with Crippen LogP contribution in [-0.4, -0.2) is 28.4 Å². The quantitative estimate of drug-likeness (QED) is 0.846. The van der Waals surface area contributed by atoms with Gasteiger partial charge in [0.1, 0.15) is 10.6 Å². The number of nitrogens with two attached hydrogens (primary N) is 1. The number of rotatable bonds is 3. The van der Waals surface area contributed by atoms with Crippen LogP contribution in [0.15, 0.2) is 18.2 Å². The number of carbonyl (C=O) groups is 2. The van der Waals surface area contributed by atoms with E-state index in [0.717, 1.165) is 11.5 Å². The number of benzene rings is 1. The predicted octanol–water partition coefficient (Wildman–Crippen LogP) is 2.66. The SMILES string of the molecule is Cc1nsc(N(C)C(=O)c2ccc(Cl)c(N)c2)c1C(=O)O. The molecular weight excluding hydrogens is 314 g/mol. The van der Waals surface area contributed by atoms with Crippen LogP contribution in [0.2, 0.25) is 5.02 Å². The molecule has 0 saturated carbocycles. The Bertz CT molecular complexity index is 729. The Morgan fingerprint density at radius 3 is 2.67 bits per heavy atom. The number of carboxylic acids is 1. The van der Waals surface area contributed by atoms with Gasteiger partial charge in [0.2, 0.25) is 0 Å². The van der Waals surface area contributed by atoms with Crippen LogP contribution >= 0.6 is 23.1 Å². The van der Waals surface area contributed by atoms with Gasteiger partial charge in [-0.2, -0.15) is 4.37 Å². The van der Waals surface area contributed by atoms with Gasteiger partial charge in [0.05, 0.1) is 16.4 Å². The van der Waals surface area contributed by atoms with Gasteiger partial charge in [-0.3, -0.25) is 4.79 Å². The van der Waals surface area contributed by atoms with E-state index in [9.17, 15) is 14.7 Å². The lowest BCUT2D eigenvalue weighted by atomic mass is 10.1. The Morgan fingerprint density at radius 1 is 1.43 bits per heavy atom. The van der Waals surface area contributed by atoms with Crippen LogP contribution in [0, 0.1) is 6.92 Å². The molecule has 0 bridgehead atoms. The summed E-state index contributed by atoms with van der Waals surface area (Å²) in [7, 11) is 1.49. The van der Waals surface area contributed by atoms with Crippen LogP contribution in [0.1, 0.15) is 26.4 Å². The first kappa shape index (κ1) is 15.3. The van der Waals surface area contributed by atoms with Crippen LogP contribution in [0.5, 0.6) is 0 Å². The molecule has 1 amide bonds. The summed E-state index contributed by atoms with van der Waals surface area (Å²) in [5.41, 5.74) is 6.68. The maximum atomic E-state index is 12.4. The standard InChI is InChI=1S/C13H12ClN3O3S/c1-6-10(13(19)20)12(21-16-6)17(2)11(18)7-3-4-8(14)9(15)5-7/h3-5H,15H2,1-2H3,(H,19,20). The molecule has 0 atom stereocenters. The van der Waals surface area contributed by atoms with Crippen LogP contribution in [0.3, 0.4) is 0 Å². The van der Waals surface area contributed by atoms with Crippen LogP contribution < -0.4 is 10.6 Å². The van der Waals surface area contributed by atoms with Crippen LogP contribution in [0.25, 0.3) is 0 Å². The molecule has 0 radical (unpaired) electrons. The minimum atomic E-state index is -1.12. The van der Waals surface area contributed by atoms with Gasteiger partial charge in [0.25, 0.3) is 5.91 Å². The number of nitrogen functional groups attached to an aromatic ring is 1. The Balaban J connectivity index is 2.40. The lowest BCUT2D eigenvalue weighted by molar-refractivity contribution is 0.0697. The molecule has 2 aromatic rings. The highest BCUT2D eigenvalue weighted by Gasteiger charge is 2.24. The van der Waals surface area contributed by atoms with Gasteiger partial charge in [-0.25, -0.2) is 4.79 Å². The van der Waals surface area contributed by atoms with Gasteiger partial charge >= 0.3 is 5.97 Å². The van der Waals surface area contributed by atoms with Crippen molar-refractivity contribution < 1.29 is 14.7 Å². The largest absolute Gasteiger partial charge is 0.478 e. The fraction of sp³-hybridized carbons (Fsp3) is 0.154. The molecule has 6 nitrogen and oxygen atoms in total. The summed E-state index contributed by atoms with van der Waals surface area (Å²) in [5, 5.41) is 9.84. The van der Waals surface area contributed by atoms with E-state index in [2.05, 4.69) is 4.37 Å². The van der Waals surface area contributed by atoms with Crippen molar-refractivity contribution in [2.45, 2.75) is 6.92 Å². The van der Waals surface area contributed by atoms with Crippen molar-refractivity contribution in [2.75, 3.05) is 17.7 Å². The predicted molar refractivity (Wildman–Crippen MR) is 82.4 cm³/mol. The fourth-order valence-electron chi connectivity index (χ4n) is 1.80. The number of carboxylic acid groups (broad SMARTS) is 1. The molecule has 21 heavy (non-hydrogen) atoms. The number of hydrogen-bond donors (Lipinski definition) is 2. The minimum Gasteiger partial charge on any atom is -0.478 e. The number of anilines is 2. The second kappa shape index (κ2) is 5.71. The first-order chi connectivity index (χ1) is 9.82. The summed E-state index contributed by atoms with van der Waals surface area (Å²) < 4.78 is 3.99. The number of aromatic nitrogens is 1. The number of aryl methyl sites for hydroxylation is 1. The number of carbonyl (C=O) groups excluding carboxylic acids is 1. The number of hydrogen-bond acceptors (Lipinski definition) is 5. The van der Waals surface area contributed by atoms with E-state index in [0.29, 0.717) is 16.3 Å². The van der Waals surface area contributed by atoms with Gasteiger partial charge in [0, 0.05) is 12.6 Å². The van der Waals surface area contributed by atoms with Crippen LogP contribution in [0.4, 0.5) is 10.7 Å². The molecule has 110 valence electrons. The summed E-state index contributed by atoms with van der Waals surface area (Å²) in [5.74, 6) is -1.50. The molecule has 0 aliphatic carbocycles. The van der Waals surface area contributed by atoms with Gasteiger partial charge in [0.15, 0.2) is 0 Å². The highest BCUT2D eigenvalue weighted by Crippen LogP contribution is 2.29. The summed E-state index contributed by atoms with van der Waals surface area (Å²) in [4.78, 5) is 24.9. The van der Waals surface area contributed by atoms with Crippen molar-refractivity contribution in [1.82, 2.24) is 4.37 Å². The third kappa shape index (κ3) is 2.84. The Hall–Kier alpha value is -2.12. The Labute approximate surface area is 129 Å². The molecule has 0 fully saturated rings. The van der Waals surface area contributed by atoms with Crippen molar-refractivity contribution in [3.63, 3.8) is 0 Å². The number of nitrogens with zero attached hydrogens (tertiary/aromatic N) is 2. The smallest absolute Gasteiger partial charge is 0.340 e. The molecule has 2 rings (SSSR count).